The molecule has 0 aliphatic heterocycles. The first kappa shape index (κ1) is 14.7. The van der Waals surface area contributed by atoms with Gasteiger partial charge in [0.15, 0.2) is 0 Å². The van der Waals surface area contributed by atoms with E-state index in [1.165, 1.54) is 12.0 Å². The fourth-order valence-corrected chi connectivity index (χ4v) is 1.02. The van der Waals surface area contributed by atoms with Crippen LogP contribution in [0.3, 0.4) is 0 Å². The van der Waals surface area contributed by atoms with Crippen LogP contribution in [-0.4, -0.2) is 12.2 Å². The molecule has 1 rings (SSSR count). The van der Waals surface area contributed by atoms with Gasteiger partial charge in [-0.25, -0.2) is 0 Å². The third-order valence-corrected chi connectivity index (χ3v) is 1.98. The van der Waals surface area contributed by atoms with Crippen molar-refractivity contribution in [1.29, 1.82) is 0 Å². The highest BCUT2D eigenvalue weighted by atomic mass is 16.2. The first-order valence-corrected chi connectivity index (χ1v) is 4.34. The van der Waals surface area contributed by atoms with E-state index >= 15 is 0 Å². The van der Waals surface area contributed by atoms with Gasteiger partial charge in [-0.05, 0) is 17.9 Å². The van der Waals surface area contributed by atoms with Gasteiger partial charge in [0.2, 0.25) is 0 Å². The number of rotatable bonds is 2. The molecule has 1 heteroatoms. The van der Waals surface area contributed by atoms with Crippen LogP contribution in [0.15, 0.2) is 30.3 Å². The SMILES string of the molecule is C.CCC(C)c1ccccc1.CO. The quantitative estimate of drug-likeness (QED) is 0.742. The van der Waals surface area contributed by atoms with Crippen LogP contribution < -0.4 is 0 Å². The summed E-state index contributed by atoms with van der Waals surface area (Å²) in [7, 11) is 1.00. The van der Waals surface area contributed by atoms with E-state index in [0.717, 1.165) is 7.11 Å². The standard InChI is InChI=1S/C10H14.CH4O.CH4/c1-3-9(2)10-7-5-4-6-8-10;1-2;/h4-9H,3H2,1-2H3;2H,1H3;1H4. The highest BCUT2D eigenvalue weighted by Gasteiger charge is 1.98. The van der Waals surface area contributed by atoms with Crippen LogP contribution in [0.5, 0.6) is 0 Å². The second-order valence-electron chi connectivity index (χ2n) is 2.72. The van der Waals surface area contributed by atoms with Crippen molar-refractivity contribution in [2.24, 2.45) is 0 Å². The van der Waals surface area contributed by atoms with Crippen molar-refractivity contribution in [3.8, 4) is 0 Å². The second kappa shape index (κ2) is 9.27. The lowest BCUT2D eigenvalue weighted by Gasteiger charge is -2.06. The molecule has 0 bridgehead atoms. The summed E-state index contributed by atoms with van der Waals surface area (Å²) in [5.74, 6) is 0.709. The molecule has 1 atom stereocenters. The Hall–Kier alpha value is -0.820. The number of benzene rings is 1. The lowest BCUT2D eigenvalue weighted by molar-refractivity contribution is 0.399. The number of aliphatic hydroxyl groups is 1. The minimum absolute atomic E-state index is 0. The topological polar surface area (TPSA) is 20.2 Å². The van der Waals surface area contributed by atoms with E-state index in [-0.39, 0.29) is 7.43 Å². The van der Waals surface area contributed by atoms with Gasteiger partial charge in [-0.3, -0.25) is 0 Å². The van der Waals surface area contributed by atoms with Crippen LogP contribution in [0, 0.1) is 0 Å². The normalized spacial score (nSPS) is 10.5. The fourth-order valence-electron chi connectivity index (χ4n) is 1.02. The summed E-state index contributed by atoms with van der Waals surface area (Å²) >= 11 is 0. The van der Waals surface area contributed by atoms with E-state index in [0.29, 0.717) is 5.92 Å². The molecule has 1 unspecified atom stereocenters. The molecule has 0 spiro atoms. The first-order valence-electron chi connectivity index (χ1n) is 4.34. The van der Waals surface area contributed by atoms with E-state index in [4.69, 9.17) is 5.11 Å². The maximum atomic E-state index is 7.00. The van der Waals surface area contributed by atoms with Crippen molar-refractivity contribution in [1.82, 2.24) is 0 Å². The minimum Gasteiger partial charge on any atom is -0.400 e. The van der Waals surface area contributed by atoms with Gasteiger partial charge < -0.3 is 5.11 Å². The zero-order valence-electron chi connectivity index (χ0n) is 8.12. The van der Waals surface area contributed by atoms with Gasteiger partial charge in [0, 0.05) is 7.11 Å². The summed E-state index contributed by atoms with van der Waals surface area (Å²) in [5.41, 5.74) is 1.45. The van der Waals surface area contributed by atoms with Crippen molar-refractivity contribution in [3.05, 3.63) is 35.9 Å². The summed E-state index contributed by atoms with van der Waals surface area (Å²) in [6.07, 6.45) is 1.23. The first-order chi connectivity index (χ1) is 5.84. The molecule has 0 fully saturated rings. The average molecular weight is 182 g/mol. The summed E-state index contributed by atoms with van der Waals surface area (Å²) in [6, 6.07) is 10.6. The van der Waals surface area contributed by atoms with E-state index in [9.17, 15) is 0 Å². The predicted octanol–water partition coefficient (Wildman–Crippen LogP) is 3.44. The Morgan fingerprint density at radius 1 is 1.15 bits per heavy atom. The van der Waals surface area contributed by atoms with Crippen molar-refractivity contribution in [3.63, 3.8) is 0 Å². The third-order valence-electron chi connectivity index (χ3n) is 1.98. The van der Waals surface area contributed by atoms with Crippen LogP contribution in [0.4, 0.5) is 0 Å². The molecule has 76 valence electrons. The summed E-state index contributed by atoms with van der Waals surface area (Å²) in [6.45, 7) is 4.48. The molecule has 0 saturated carbocycles. The Morgan fingerprint density at radius 2 is 1.62 bits per heavy atom. The molecule has 0 saturated heterocycles. The van der Waals surface area contributed by atoms with Gasteiger partial charge in [-0.2, -0.15) is 0 Å². The summed E-state index contributed by atoms with van der Waals surface area (Å²) in [5, 5.41) is 7.00. The monoisotopic (exact) mass is 182 g/mol. The Bertz CT molecular complexity index is 182. The molecule has 0 radical (unpaired) electrons. The van der Waals surface area contributed by atoms with Gasteiger partial charge in [0.1, 0.15) is 0 Å². The summed E-state index contributed by atoms with van der Waals surface area (Å²) < 4.78 is 0. The van der Waals surface area contributed by atoms with Crippen LogP contribution >= 0.6 is 0 Å². The molecule has 0 amide bonds. The second-order valence-corrected chi connectivity index (χ2v) is 2.72. The molecule has 0 heterocycles. The molecule has 0 aliphatic rings. The largest absolute Gasteiger partial charge is 0.400 e. The van der Waals surface area contributed by atoms with E-state index in [2.05, 4.69) is 44.2 Å². The lowest BCUT2D eigenvalue weighted by Crippen LogP contribution is -1.88. The third kappa shape index (κ3) is 5.42. The molecule has 0 aromatic heterocycles. The molecular weight excluding hydrogens is 160 g/mol. The van der Waals surface area contributed by atoms with Crippen LogP contribution in [0.2, 0.25) is 0 Å². The Balaban J connectivity index is 0. The van der Waals surface area contributed by atoms with Crippen molar-refractivity contribution < 1.29 is 5.11 Å². The Labute approximate surface area is 82.4 Å². The van der Waals surface area contributed by atoms with Gasteiger partial charge in [0.05, 0.1) is 0 Å². The molecular formula is C12H22O. The fraction of sp³-hybridized carbons (Fsp3) is 0.500. The highest BCUT2D eigenvalue weighted by Crippen LogP contribution is 2.16. The molecule has 1 nitrogen and oxygen atoms in total. The van der Waals surface area contributed by atoms with Crippen LogP contribution in [0.1, 0.15) is 39.2 Å². The zero-order valence-corrected chi connectivity index (χ0v) is 8.12. The van der Waals surface area contributed by atoms with Gasteiger partial charge in [0.25, 0.3) is 0 Å². The van der Waals surface area contributed by atoms with Gasteiger partial charge in [-0.15, -0.1) is 0 Å². The molecule has 1 aromatic carbocycles. The predicted molar refractivity (Wildman–Crippen MR) is 60.0 cm³/mol. The maximum Gasteiger partial charge on any atom is 0.0319 e. The summed E-state index contributed by atoms with van der Waals surface area (Å²) in [4.78, 5) is 0. The number of hydrogen-bond donors (Lipinski definition) is 1. The van der Waals surface area contributed by atoms with E-state index in [1.54, 1.807) is 0 Å². The lowest BCUT2D eigenvalue weighted by atomic mass is 9.99. The van der Waals surface area contributed by atoms with Crippen molar-refractivity contribution in [2.75, 3.05) is 7.11 Å². The number of aliphatic hydroxyl groups excluding tert-OH is 1. The molecule has 0 aliphatic carbocycles. The van der Waals surface area contributed by atoms with Crippen molar-refractivity contribution in [2.45, 2.75) is 33.6 Å². The Morgan fingerprint density at radius 3 is 2.00 bits per heavy atom. The van der Waals surface area contributed by atoms with Gasteiger partial charge >= 0.3 is 0 Å². The van der Waals surface area contributed by atoms with E-state index < -0.39 is 0 Å². The maximum absolute atomic E-state index is 7.00. The van der Waals surface area contributed by atoms with Gasteiger partial charge in [-0.1, -0.05) is 51.6 Å². The average Bonchev–Trinajstić information content (AvgIpc) is 2.21. The Kier molecular flexibility index (Phi) is 10.5. The molecule has 13 heavy (non-hydrogen) atoms. The van der Waals surface area contributed by atoms with Crippen LogP contribution in [-0.2, 0) is 0 Å². The smallest absolute Gasteiger partial charge is 0.0319 e. The minimum atomic E-state index is 0. The van der Waals surface area contributed by atoms with Crippen molar-refractivity contribution >= 4 is 0 Å². The molecule has 1 N–H and O–H groups in total. The highest BCUT2D eigenvalue weighted by molar-refractivity contribution is 5.18. The molecule has 1 aromatic rings. The van der Waals surface area contributed by atoms with E-state index in [1.807, 2.05) is 0 Å². The van der Waals surface area contributed by atoms with Crippen LogP contribution in [0.25, 0.3) is 0 Å². The number of hydrogen-bond acceptors (Lipinski definition) is 1. The zero-order chi connectivity index (χ0) is 9.40.